The van der Waals surface area contributed by atoms with Crippen LogP contribution >= 0.6 is 0 Å². The molecule has 0 radical (unpaired) electrons. The van der Waals surface area contributed by atoms with Gasteiger partial charge < -0.3 is 15.5 Å². The van der Waals surface area contributed by atoms with Crippen molar-refractivity contribution in [2.45, 2.75) is 25.8 Å². The lowest BCUT2D eigenvalue weighted by Gasteiger charge is -2.21. The van der Waals surface area contributed by atoms with Crippen molar-refractivity contribution in [2.75, 3.05) is 29.9 Å². The maximum Gasteiger partial charge on any atom is 0.238 e. The maximum absolute atomic E-state index is 12.2. The van der Waals surface area contributed by atoms with Crippen molar-refractivity contribution in [3.8, 4) is 0 Å². The van der Waals surface area contributed by atoms with Crippen molar-refractivity contribution >= 4 is 17.3 Å². The van der Waals surface area contributed by atoms with Gasteiger partial charge in [-0.1, -0.05) is 36.4 Å². The fourth-order valence-electron chi connectivity index (χ4n) is 3.46. The molecule has 4 nitrogen and oxygen atoms in total. The van der Waals surface area contributed by atoms with Crippen LogP contribution in [0.5, 0.6) is 0 Å². The van der Waals surface area contributed by atoms with Gasteiger partial charge in [-0.2, -0.15) is 0 Å². The fourth-order valence-corrected chi connectivity index (χ4v) is 3.46. The van der Waals surface area contributed by atoms with Crippen molar-refractivity contribution in [3.05, 3.63) is 59.7 Å². The Morgan fingerprint density at radius 3 is 2.76 bits per heavy atom. The lowest BCUT2D eigenvalue weighted by molar-refractivity contribution is -0.115. The van der Waals surface area contributed by atoms with Crippen LogP contribution in [0.15, 0.2) is 48.5 Å². The van der Waals surface area contributed by atoms with E-state index in [1.807, 2.05) is 18.2 Å². The van der Waals surface area contributed by atoms with Crippen molar-refractivity contribution in [3.63, 3.8) is 0 Å². The van der Waals surface area contributed by atoms with Crippen molar-refractivity contribution < 1.29 is 4.79 Å². The molecule has 130 valence electrons. The first-order valence-corrected chi connectivity index (χ1v) is 9.21. The Bertz CT molecular complexity index is 754. The highest BCUT2D eigenvalue weighted by Crippen LogP contribution is 2.30. The third-order valence-electron chi connectivity index (χ3n) is 5.05. The van der Waals surface area contributed by atoms with E-state index in [0.717, 1.165) is 43.2 Å². The molecule has 1 fully saturated rings. The standard InChI is InChI=1S/C21H25N3O/c25-21(14-22-13-16-9-10-16)23-19-7-3-1-6-18(19)15-24-12-11-17-5-2-4-8-20(17)24/h1-8,16,22H,9-15H2,(H,23,25). The first-order valence-electron chi connectivity index (χ1n) is 9.21. The minimum absolute atomic E-state index is 0.0370. The zero-order chi connectivity index (χ0) is 17.1. The SMILES string of the molecule is O=C(CNCC1CC1)Nc1ccccc1CN1CCc2ccccc21. The van der Waals surface area contributed by atoms with Crippen LogP contribution in [0.2, 0.25) is 0 Å². The number of para-hydroxylation sites is 2. The normalized spacial score (nSPS) is 15.9. The van der Waals surface area contributed by atoms with Gasteiger partial charge in [0.25, 0.3) is 0 Å². The molecule has 25 heavy (non-hydrogen) atoms. The number of hydrogen-bond acceptors (Lipinski definition) is 3. The number of anilines is 2. The number of hydrogen-bond donors (Lipinski definition) is 2. The van der Waals surface area contributed by atoms with Crippen LogP contribution in [-0.2, 0) is 17.8 Å². The van der Waals surface area contributed by atoms with Crippen LogP contribution in [0, 0.1) is 5.92 Å². The quantitative estimate of drug-likeness (QED) is 0.817. The fraction of sp³-hybridized carbons (Fsp3) is 0.381. The van der Waals surface area contributed by atoms with Crippen LogP contribution in [-0.4, -0.2) is 25.5 Å². The highest BCUT2D eigenvalue weighted by atomic mass is 16.1. The predicted molar refractivity (Wildman–Crippen MR) is 102 cm³/mol. The van der Waals surface area contributed by atoms with Crippen molar-refractivity contribution in [1.29, 1.82) is 0 Å². The zero-order valence-electron chi connectivity index (χ0n) is 14.5. The molecule has 0 saturated heterocycles. The van der Waals surface area contributed by atoms with E-state index in [-0.39, 0.29) is 5.91 Å². The lowest BCUT2D eigenvalue weighted by Crippen LogP contribution is -2.30. The summed E-state index contributed by atoms with van der Waals surface area (Å²) in [5.74, 6) is 0.824. The summed E-state index contributed by atoms with van der Waals surface area (Å²) >= 11 is 0. The molecule has 2 aromatic rings. The zero-order valence-corrected chi connectivity index (χ0v) is 14.5. The van der Waals surface area contributed by atoms with E-state index in [4.69, 9.17) is 0 Å². The summed E-state index contributed by atoms with van der Waals surface area (Å²) in [4.78, 5) is 14.6. The molecule has 4 heteroatoms. The Labute approximate surface area is 149 Å². The van der Waals surface area contributed by atoms with Gasteiger partial charge in [-0.3, -0.25) is 4.79 Å². The molecule has 0 bridgehead atoms. The Hall–Kier alpha value is -2.33. The molecule has 2 N–H and O–H groups in total. The Kier molecular flexibility index (Phi) is 4.70. The third kappa shape index (κ3) is 4.02. The van der Waals surface area contributed by atoms with E-state index in [2.05, 4.69) is 45.9 Å². The van der Waals surface area contributed by atoms with Gasteiger partial charge in [0, 0.05) is 24.5 Å². The van der Waals surface area contributed by atoms with E-state index in [1.54, 1.807) is 0 Å². The van der Waals surface area contributed by atoms with E-state index in [0.29, 0.717) is 6.54 Å². The topological polar surface area (TPSA) is 44.4 Å². The lowest BCUT2D eigenvalue weighted by atomic mass is 10.1. The summed E-state index contributed by atoms with van der Waals surface area (Å²) < 4.78 is 0. The molecule has 1 heterocycles. The maximum atomic E-state index is 12.2. The van der Waals surface area contributed by atoms with Gasteiger partial charge in [0.1, 0.15) is 0 Å². The summed E-state index contributed by atoms with van der Waals surface area (Å²) in [6.07, 6.45) is 3.69. The van der Waals surface area contributed by atoms with Crippen LogP contribution in [0.25, 0.3) is 0 Å². The molecule has 1 aliphatic heterocycles. The molecule has 0 atom stereocenters. The van der Waals surface area contributed by atoms with E-state index >= 15 is 0 Å². The summed E-state index contributed by atoms with van der Waals surface area (Å²) in [7, 11) is 0. The highest BCUT2D eigenvalue weighted by molar-refractivity contribution is 5.93. The summed E-state index contributed by atoms with van der Waals surface area (Å²) in [5.41, 5.74) is 4.81. The first-order chi connectivity index (χ1) is 12.3. The Balaban J connectivity index is 1.40. The van der Waals surface area contributed by atoms with Crippen LogP contribution in [0.4, 0.5) is 11.4 Å². The molecule has 0 spiro atoms. The van der Waals surface area contributed by atoms with Crippen molar-refractivity contribution in [2.24, 2.45) is 5.92 Å². The molecular formula is C21H25N3O. The van der Waals surface area contributed by atoms with Gasteiger partial charge in [-0.15, -0.1) is 0 Å². The second-order valence-corrected chi connectivity index (χ2v) is 7.08. The smallest absolute Gasteiger partial charge is 0.238 e. The molecule has 0 unspecified atom stereocenters. The van der Waals surface area contributed by atoms with E-state index in [9.17, 15) is 4.79 Å². The predicted octanol–water partition coefficient (Wildman–Crippen LogP) is 3.19. The average molecular weight is 335 g/mol. The number of benzene rings is 2. The summed E-state index contributed by atoms with van der Waals surface area (Å²) in [6, 6.07) is 16.7. The molecule has 1 aliphatic carbocycles. The Morgan fingerprint density at radius 1 is 1.08 bits per heavy atom. The molecule has 2 aromatic carbocycles. The number of rotatable bonds is 7. The molecule has 1 saturated carbocycles. The molecule has 4 rings (SSSR count). The number of fused-ring (bicyclic) bond motifs is 1. The number of carbonyl (C=O) groups excluding carboxylic acids is 1. The average Bonchev–Trinajstić information content (AvgIpc) is 3.36. The van der Waals surface area contributed by atoms with E-state index in [1.165, 1.54) is 24.1 Å². The minimum Gasteiger partial charge on any atom is -0.367 e. The van der Waals surface area contributed by atoms with Gasteiger partial charge in [0.05, 0.1) is 6.54 Å². The van der Waals surface area contributed by atoms with Crippen LogP contribution < -0.4 is 15.5 Å². The number of amides is 1. The van der Waals surface area contributed by atoms with Gasteiger partial charge >= 0.3 is 0 Å². The first kappa shape index (κ1) is 16.2. The van der Waals surface area contributed by atoms with Crippen LogP contribution in [0.1, 0.15) is 24.0 Å². The number of nitrogens with one attached hydrogen (secondary N) is 2. The molecule has 1 amide bonds. The van der Waals surface area contributed by atoms with Gasteiger partial charge in [0.2, 0.25) is 5.91 Å². The molecular weight excluding hydrogens is 310 g/mol. The second-order valence-electron chi connectivity index (χ2n) is 7.08. The van der Waals surface area contributed by atoms with Gasteiger partial charge in [0.15, 0.2) is 0 Å². The minimum atomic E-state index is 0.0370. The number of nitrogens with zero attached hydrogens (tertiary/aromatic N) is 1. The third-order valence-corrected chi connectivity index (χ3v) is 5.05. The van der Waals surface area contributed by atoms with E-state index < -0.39 is 0 Å². The summed E-state index contributed by atoms with van der Waals surface area (Å²) in [6.45, 7) is 3.20. The van der Waals surface area contributed by atoms with Gasteiger partial charge in [-0.05, 0) is 55.0 Å². The monoisotopic (exact) mass is 335 g/mol. The van der Waals surface area contributed by atoms with Gasteiger partial charge in [-0.25, -0.2) is 0 Å². The molecule has 2 aliphatic rings. The number of carbonyl (C=O) groups is 1. The highest BCUT2D eigenvalue weighted by Gasteiger charge is 2.21. The summed E-state index contributed by atoms with van der Waals surface area (Å²) in [5, 5.41) is 6.32. The van der Waals surface area contributed by atoms with Crippen molar-refractivity contribution in [1.82, 2.24) is 5.32 Å². The largest absolute Gasteiger partial charge is 0.367 e. The Morgan fingerprint density at radius 2 is 1.88 bits per heavy atom. The van der Waals surface area contributed by atoms with Crippen LogP contribution in [0.3, 0.4) is 0 Å². The molecule has 0 aromatic heterocycles. The second kappa shape index (κ2) is 7.28.